The molecular weight excluding hydrogens is 424 g/mol. The summed E-state index contributed by atoms with van der Waals surface area (Å²) >= 11 is 0. The van der Waals surface area contributed by atoms with E-state index in [-0.39, 0.29) is 31.4 Å². The van der Waals surface area contributed by atoms with E-state index in [0.29, 0.717) is 42.7 Å². The Bertz CT molecular complexity index is 947. The molecule has 0 radical (unpaired) electrons. The third kappa shape index (κ3) is 7.24. The van der Waals surface area contributed by atoms with Crippen molar-refractivity contribution >= 4 is 17.8 Å². The number of hydrogen-bond donors (Lipinski definition) is 1. The molecular formula is C25H30N2O6. The van der Waals surface area contributed by atoms with Crippen LogP contribution in [0.2, 0.25) is 0 Å². The van der Waals surface area contributed by atoms with E-state index in [1.807, 2.05) is 32.0 Å². The third-order valence-electron chi connectivity index (χ3n) is 4.97. The first-order valence-corrected chi connectivity index (χ1v) is 11.1. The minimum absolute atomic E-state index is 0.0469. The van der Waals surface area contributed by atoms with Gasteiger partial charge < -0.3 is 24.4 Å². The standard InChI is InChI=1S/C25H30N2O6/c1-18(2)17-33-21-10-6-7-19(15-21)25(30)27-12-11-26-24(29)22(27)16-23(28)32-14-13-31-20-8-4-3-5-9-20/h3-10,15,18,22H,11-14,16-17H2,1-2H3,(H,26,29). The summed E-state index contributed by atoms with van der Waals surface area (Å²) in [6.45, 7) is 5.48. The topological polar surface area (TPSA) is 94.2 Å². The molecule has 8 heteroatoms. The summed E-state index contributed by atoms with van der Waals surface area (Å²) in [5.74, 6) is 0.343. The first-order chi connectivity index (χ1) is 15.9. The number of ether oxygens (including phenoxy) is 3. The number of esters is 1. The number of carbonyl (C=O) groups excluding carboxylic acids is 3. The summed E-state index contributed by atoms with van der Waals surface area (Å²) in [6, 6.07) is 15.1. The quantitative estimate of drug-likeness (QED) is 0.438. The Morgan fingerprint density at radius 3 is 2.55 bits per heavy atom. The van der Waals surface area contributed by atoms with E-state index in [4.69, 9.17) is 14.2 Å². The minimum atomic E-state index is -0.936. The molecule has 1 N–H and O–H groups in total. The second kappa shape index (κ2) is 11.9. The van der Waals surface area contributed by atoms with E-state index < -0.39 is 12.0 Å². The Hall–Kier alpha value is -3.55. The maximum atomic E-state index is 13.2. The molecule has 1 heterocycles. The third-order valence-corrected chi connectivity index (χ3v) is 4.97. The van der Waals surface area contributed by atoms with Gasteiger partial charge in [0.25, 0.3) is 5.91 Å². The highest BCUT2D eigenvalue weighted by atomic mass is 16.6. The summed E-state index contributed by atoms with van der Waals surface area (Å²) in [6.07, 6.45) is -0.230. The second-order valence-corrected chi connectivity index (χ2v) is 8.12. The lowest BCUT2D eigenvalue weighted by molar-refractivity contribution is -0.148. The van der Waals surface area contributed by atoms with Crippen LogP contribution in [0.4, 0.5) is 0 Å². The first kappa shape index (κ1) is 24.1. The molecule has 0 saturated carbocycles. The number of piperazine rings is 1. The normalized spacial score (nSPS) is 15.7. The highest BCUT2D eigenvalue weighted by Gasteiger charge is 2.35. The summed E-state index contributed by atoms with van der Waals surface area (Å²) < 4.78 is 16.4. The maximum absolute atomic E-state index is 13.2. The van der Waals surface area contributed by atoms with Gasteiger partial charge in [-0.05, 0) is 36.2 Å². The monoisotopic (exact) mass is 454 g/mol. The lowest BCUT2D eigenvalue weighted by Gasteiger charge is -2.34. The molecule has 2 aromatic rings. The highest BCUT2D eigenvalue weighted by molar-refractivity contribution is 5.99. The zero-order valence-electron chi connectivity index (χ0n) is 19.0. The van der Waals surface area contributed by atoms with Crippen LogP contribution in [0.25, 0.3) is 0 Å². The minimum Gasteiger partial charge on any atom is -0.493 e. The molecule has 0 spiro atoms. The van der Waals surface area contributed by atoms with Crippen LogP contribution in [0, 0.1) is 5.92 Å². The zero-order valence-corrected chi connectivity index (χ0v) is 19.0. The van der Waals surface area contributed by atoms with Crippen LogP contribution in [-0.4, -0.2) is 61.6 Å². The van der Waals surface area contributed by atoms with Crippen molar-refractivity contribution in [3.63, 3.8) is 0 Å². The molecule has 0 bridgehead atoms. The number of benzene rings is 2. The summed E-state index contributed by atoms with van der Waals surface area (Å²) in [5.41, 5.74) is 0.403. The van der Waals surface area contributed by atoms with Gasteiger partial charge in [-0.25, -0.2) is 0 Å². The number of hydrogen-bond acceptors (Lipinski definition) is 6. The van der Waals surface area contributed by atoms with Gasteiger partial charge in [0.1, 0.15) is 30.8 Å². The van der Waals surface area contributed by atoms with Crippen molar-refractivity contribution in [2.75, 3.05) is 32.9 Å². The number of amides is 2. The summed E-state index contributed by atoms with van der Waals surface area (Å²) in [4.78, 5) is 39.4. The van der Waals surface area contributed by atoms with Crippen molar-refractivity contribution in [1.82, 2.24) is 10.2 Å². The molecule has 1 fully saturated rings. The maximum Gasteiger partial charge on any atom is 0.308 e. The van der Waals surface area contributed by atoms with E-state index in [2.05, 4.69) is 5.32 Å². The van der Waals surface area contributed by atoms with Gasteiger partial charge in [0.2, 0.25) is 5.91 Å². The molecule has 176 valence electrons. The van der Waals surface area contributed by atoms with Gasteiger partial charge in [0.15, 0.2) is 0 Å². The van der Waals surface area contributed by atoms with Gasteiger partial charge in [-0.2, -0.15) is 0 Å². The number of rotatable bonds is 10. The van der Waals surface area contributed by atoms with Crippen LogP contribution >= 0.6 is 0 Å². The molecule has 8 nitrogen and oxygen atoms in total. The van der Waals surface area contributed by atoms with E-state index >= 15 is 0 Å². The Balaban J connectivity index is 1.57. The Labute approximate surface area is 193 Å². The number of nitrogens with zero attached hydrogens (tertiary/aromatic N) is 1. The molecule has 1 atom stereocenters. The lowest BCUT2D eigenvalue weighted by atomic mass is 10.1. The average molecular weight is 455 g/mol. The van der Waals surface area contributed by atoms with Gasteiger partial charge in [0.05, 0.1) is 13.0 Å². The molecule has 1 aliphatic rings. The van der Waals surface area contributed by atoms with Crippen LogP contribution in [0.5, 0.6) is 11.5 Å². The van der Waals surface area contributed by atoms with E-state index in [1.54, 1.807) is 36.4 Å². The average Bonchev–Trinajstić information content (AvgIpc) is 2.82. The summed E-state index contributed by atoms with van der Waals surface area (Å²) in [5, 5.41) is 2.72. The van der Waals surface area contributed by atoms with Crippen molar-refractivity contribution in [3.05, 3.63) is 60.2 Å². The Morgan fingerprint density at radius 2 is 1.79 bits per heavy atom. The van der Waals surface area contributed by atoms with Gasteiger partial charge in [-0.15, -0.1) is 0 Å². The van der Waals surface area contributed by atoms with Crippen LogP contribution in [-0.2, 0) is 14.3 Å². The summed E-state index contributed by atoms with van der Waals surface area (Å²) in [7, 11) is 0. The Morgan fingerprint density at radius 1 is 1.03 bits per heavy atom. The molecule has 1 unspecified atom stereocenters. The fraction of sp³-hybridized carbons (Fsp3) is 0.400. The van der Waals surface area contributed by atoms with Crippen molar-refractivity contribution in [2.24, 2.45) is 5.92 Å². The van der Waals surface area contributed by atoms with Crippen molar-refractivity contribution in [1.29, 1.82) is 0 Å². The largest absolute Gasteiger partial charge is 0.493 e. The van der Waals surface area contributed by atoms with Gasteiger partial charge in [0, 0.05) is 18.7 Å². The molecule has 2 amide bonds. The molecule has 0 aromatic heterocycles. The van der Waals surface area contributed by atoms with Gasteiger partial charge in [-0.1, -0.05) is 38.1 Å². The fourth-order valence-corrected chi connectivity index (χ4v) is 3.36. The molecule has 3 rings (SSSR count). The highest BCUT2D eigenvalue weighted by Crippen LogP contribution is 2.19. The Kier molecular flexibility index (Phi) is 8.69. The smallest absolute Gasteiger partial charge is 0.308 e. The van der Waals surface area contributed by atoms with E-state index in [1.165, 1.54) is 4.90 Å². The predicted molar refractivity (Wildman–Crippen MR) is 122 cm³/mol. The van der Waals surface area contributed by atoms with E-state index in [9.17, 15) is 14.4 Å². The number of carbonyl (C=O) groups is 3. The van der Waals surface area contributed by atoms with Gasteiger partial charge in [-0.3, -0.25) is 14.4 Å². The lowest BCUT2D eigenvalue weighted by Crippen LogP contribution is -2.57. The van der Waals surface area contributed by atoms with Crippen LogP contribution in [0.15, 0.2) is 54.6 Å². The zero-order chi connectivity index (χ0) is 23.6. The number of nitrogens with one attached hydrogen (secondary N) is 1. The van der Waals surface area contributed by atoms with Crippen molar-refractivity contribution < 1.29 is 28.6 Å². The van der Waals surface area contributed by atoms with Crippen molar-refractivity contribution in [3.8, 4) is 11.5 Å². The molecule has 2 aromatic carbocycles. The first-order valence-electron chi connectivity index (χ1n) is 11.1. The molecule has 33 heavy (non-hydrogen) atoms. The number of para-hydroxylation sites is 1. The second-order valence-electron chi connectivity index (χ2n) is 8.12. The van der Waals surface area contributed by atoms with Gasteiger partial charge >= 0.3 is 5.97 Å². The van der Waals surface area contributed by atoms with Crippen LogP contribution in [0.3, 0.4) is 0 Å². The fourth-order valence-electron chi connectivity index (χ4n) is 3.36. The van der Waals surface area contributed by atoms with Crippen molar-refractivity contribution in [2.45, 2.75) is 26.3 Å². The molecule has 0 aliphatic carbocycles. The molecule has 1 aliphatic heterocycles. The SMILES string of the molecule is CC(C)COc1cccc(C(=O)N2CCNC(=O)C2CC(=O)OCCOc2ccccc2)c1. The van der Waals surface area contributed by atoms with Crippen LogP contribution < -0.4 is 14.8 Å². The predicted octanol–water partition coefficient (Wildman–Crippen LogP) is 2.67. The molecule has 1 saturated heterocycles. The van der Waals surface area contributed by atoms with E-state index in [0.717, 1.165) is 0 Å². The van der Waals surface area contributed by atoms with Crippen LogP contribution in [0.1, 0.15) is 30.6 Å².